The second-order valence-corrected chi connectivity index (χ2v) is 6.39. The van der Waals surface area contributed by atoms with E-state index in [4.69, 9.17) is 0 Å². The lowest BCUT2D eigenvalue weighted by Crippen LogP contribution is -2.43. The van der Waals surface area contributed by atoms with Crippen molar-refractivity contribution in [3.63, 3.8) is 0 Å². The van der Waals surface area contributed by atoms with Crippen LogP contribution in [0.3, 0.4) is 0 Å². The molecule has 0 spiro atoms. The van der Waals surface area contributed by atoms with E-state index in [2.05, 4.69) is 5.32 Å². The molecule has 1 N–H and O–H groups in total. The molecule has 1 aliphatic carbocycles. The number of carbonyl (C=O) groups is 2. The van der Waals surface area contributed by atoms with Gasteiger partial charge in [-0.05, 0) is 43.0 Å². The number of aryl methyl sites for hydroxylation is 1. The third-order valence-corrected chi connectivity index (χ3v) is 4.74. The maximum absolute atomic E-state index is 12.8. The fourth-order valence-corrected chi connectivity index (χ4v) is 2.91. The molecule has 1 saturated carbocycles. The highest BCUT2D eigenvalue weighted by atomic mass is 16.2. The Kier molecular flexibility index (Phi) is 4.38. The van der Waals surface area contributed by atoms with E-state index in [1.807, 2.05) is 61.5 Å². The Morgan fingerprint density at radius 2 is 1.67 bits per heavy atom. The summed E-state index contributed by atoms with van der Waals surface area (Å²) in [6.45, 7) is 2.47. The highest BCUT2D eigenvalue weighted by Gasteiger charge is 2.57. The minimum absolute atomic E-state index is 0.129. The van der Waals surface area contributed by atoms with Crippen LogP contribution in [0, 0.1) is 12.3 Å². The predicted octanol–water partition coefficient (Wildman–Crippen LogP) is 3.05. The summed E-state index contributed by atoms with van der Waals surface area (Å²) in [7, 11) is 1.73. The zero-order valence-corrected chi connectivity index (χ0v) is 14.1. The maximum Gasteiger partial charge on any atom is 0.242 e. The monoisotopic (exact) mass is 322 g/mol. The molecule has 0 radical (unpaired) electrons. The van der Waals surface area contributed by atoms with Crippen molar-refractivity contribution in [2.24, 2.45) is 5.41 Å². The summed E-state index contributed by atoms with van der Waals surface area (Å²) in [6.07, 6.45) is 1.23. The number of nitrogens with one attached hydrogen (secondary N) is 1. The molecule has 4 nitrogen and oxygen atoms in total. The van der Waals surface area contributed by atoms with Crippen molar-refractivity contribution in [2.45, 2.75) is 26.3 Å². The molecule has 0 saturated heterocycles. The van der Waals surface area contributed by atoms with Gasteiger partial charge in [-0.2, -0.15) is 0 Å². The van der Waals surface area contributed by atoms with Gasteiger partial charge in [0.05, 0.1) is 0 Å². The van der Waals surface area contributed by atoms with Crippen molar-refractivity contribution in [3.8, 4) is 0 Å². The number of rotatable bonds is 5. The Morgan fingerprint density at radius 3 is 2.29 bits per heavy atom. The predicted molar refractivity (Wildman–Crippen MR) is 94.5 cm³/mol. The van der Waals surface area contributed by atoms with E-state index in [-0.39, 0.29) is 11.8 Å². The molecule has 24 heavy (non-hydrogen) atoms. The number of amides is 2. The van der Waals surface area contributed by atoms with E-state index in [1.54, 1.807) is 11.9 Å². The van der Waals surface area contributed by atoms with Crippen LogP contribution >= 0.6 is 0 Å². The molecule has 2 amide bonds. The molecule has 3 rings (SSSR count). The van der Waals surface area contributed by atoms with Crippen LogP contribution in [-0.2, 0) is 16.1 Å². The van der Waals surface area contributed by atoms with Crippen LogP contribution in [0.4, 0.5) is 5.69 Å². The lowest BCUT2D eigenvalue weighted by molar-refractivity contribution is -0.135. The molecule has 0 atom stereocenters. The lowest BCUT2D eigenvalue weighted by atomic mass is 10.0. The molecule has 0 bridgehead atoms. The molecule has 2 aromatic carbocycles. The normalized spacial score (nSPS) is 14.8. The van der Waals surface area contributed by atoms with E-state index in [0.29, 0.717) is 19.4 Å². The second-order valence-electron chi connectivity index (χ2n) is 6.39. The van der Waals surface area contributed by atoms with Crippen molar-refractivity contribution >= 4 is 17.5 Å². The summed E-state index contributed by atoms with van der Waals surface area (Å²) >= 11 is 0. The van der Waals surface area contributed by atoms with Crippen molar-refractivity contribution in [1.29, 1.82) is 0 Å². The van der Waals surface area contributed by atoms with Crippen molar-refractivity contribution < 1.29 is 9.59 Å². The minimum atomic E-state index is -0.896. The number of hydrogen-bond acceptors (Lipinski definition) is 2. The number of carbonyl (C=O) groups excluding carboxylic acids is 2. The molecule has 124 valence electrons. The van der Waals surface area contributed by atoms with Gasteiger partial charge in [-0.15, -0.1) is 0 Å². The fraction of sp³-hybridized carbons (Fsp3) is 0.300. The molecule has 2 aromatic rings. The summed E-state index contributed by atoms with van der Waals surface area (Å²) in [5.74, 6) is -0.297. The van der Waals surface area contributed by atoms with Gasteiger partial charge >= 0.3 is 0 Å². The van der Waals surface area contributed by atoms with Gasteiger partial charge in [0.1, 0.15) is 5.41 Å². The van der Waals surface area contributed by atoms with Gasteiger partial charge < -0.3 is 10.2 Å². The zero-order chi connectivity index (χ0) is 17.2. The zero-order valence-electron chi connectivity index (χ0n) is 14.1. The molecule has 0 unspecified atom stereocenters. The Bertz CT molecular complexity index is 751. The first-order valence-electron chi connectivity index (χ1n) is 8.20. The van der Waals surface area contributed by atoms with Gasteiger partial charge in [0.2, 0.25) is 11.8 Å². The lowest BCUT2D eigenvalue weighted by Gasteiger charge is -2.23. The highest BCUT2D eigenvalue weighted by Crippen LogP contribution is 2.48. The van der Waals surface area contributed by atoms with Crippen LogP contribution in [0.15, 0.2) is 54.6 Å². The highest BCUT2D eigenvalue weighted by molar-refractivity contribution is 6.13. The number of para-hydroxylation sites is 1. The average molecular weight is 322 g/mol. The molecular formula is C20H22N2O2. The molecule has 0 aliphatic heterocycles. The standard InChI is InChI=1S/C20H22N2O2/c1-15-8-6-7-9-16(15)14-21-18(23)20(12-13-20)19(24)22(2)17-10-4-3-5-11-17/h3-11H,12-14H2,1-2H3,(H,21,23). The fourth-order valence-electron chi connectivity index (χ4n) is 2.91. The smallest absolute Gasteiger partial charge is 0.242 e. The average Bonchev–Trinajstić information content (AvgIpc) is 3.42. The van der Waals surface area contributed by atoms with E-state index in [9.17, 15) is 9.59 Å². The molecule has 0 heterocycles. The van der Waals surface area contributed by atoms with Crippen molar-refractivity contribution in [2.75, 3.05) is 11.9 Å². The number of benzene rings is 2. The van der Waals surface area contributed by atoms with Gasteiger partial charge in [0.25, 0.3) is 0 Å². The third-order valence-electron chi connectivity index (χ3n) is 4.74. The topological polar surface area (TPSA) is 49.4 Å². The first-order valence-corrected chi connectivity index (χ1v) is 8.20. The summed E-state index contributed by atoms with van der Waals surface area (Å²) in [5.41, 5.74) is 2.12. The van der Waals surface area contributed by atoms with Gasteiger partial charge in [-0.3, -0.25) is 9.59 Å². The molecule has 0 aromatic heterocycles. The summed E-state index contributed by atoms with van der Waals surface area (Å²) in [5, 5.41) is 2.94. The SMILES string of the molecule is Cc1ccccc1CNC(=O)C1(C(=O)N(C)c2ccccc2)CC1. The first-order chi connectivity index (χ1) is 11.5. The van der Waals surface area contributed by atoms with E-state index >= 15 is 0 Å². The molecule has 4 heteroatoms. The largest absolute Gasteiger partial charge is 0.351 e. The molecular weight excluding hydrogens is 300 g/mol. The second kappa shape index (κ2) is 6.48. The minimum Gasteiger partial charge on any atom is -0.351 e. The van der Waals surface area contributed by atoms with Crippen molar-refractivity contribution in [1.82, 2.24) is 5.32 Å². The summed E-state index contributed by atoms with van der Waals surface area (Å²) < 4.78 is 0. The summed E-state index contributed by atoms with van der Waals surface area (Å²) in [4.78, 5) is 27.0. The third kappa shape index (κ3) is 3.04. The molecule has 1 fully saturated rings. The van der Waals surface area contributed by atoms with Crippen LogP contribution in [-0.4, -0.2) is 18.9 Å². The maximum atomic E-state index is 12.8. The van der Waals surface area contributed by atoms with Crippen LogP contribution in [0.5, 0.6) is 0 Å². The van der Waals surface area contributed by atoms with Gasteiger partial charge in [-0.1, -0.05) is 42.5 Å². The Labute approximate surface area is 142 Å². The van der Waals surface area contributed by atoms with Crippen LogP contribution in [0.25, 0.3) is 0 Å². The van der Waals surface area contributed by atoms with Gasteiger partial charge in [0, 0.05) is 19.3 Å². The Balaban J connectivity index is 1.68. The first kappa shape index (κ1) is 16.2. The Hall–Kier alpha value is -2.62. The van der Waals surface area contributed by atoms with Gasteiger partial charge in [0.15, 0.2) is 0 Å². The number of hydrogen-bond donors (Lipinski definition) is 1. The molecule has 1 aliphatic rings. The van der Waals surface area contributed by atoms with E-state index < -0.39 is 5.41 Å². The van der Waals surface area contributed by atoms with Gasteiger partial charge in [-0.25, -0.2) is 0 Å². The van der Waals surface area contributed by atoms with Crippen LogP contribution in [0.1, 0.15) is 24.0 Å². The van der Waals surface area contributed by atoms with E-state index in [0.717, 1.165) is 16.8 Å². The van der Waals surface area contributed by atoms with Crippen molar-refractivity contribution in [3.05, 3.63) is 65.7 Å². The number of nitrogens with zero attached hydrogens (tertiary/aromatic N) is 1. The Morgan fingerprint density at radius 1 is 1.04 bits per heavy atom. The van der Waals surface area contributed by atoms with Crippen LogP contribution in [0.2, 0.25) is 0 Å². The summed E-state index contributed by atoms with van der Waals surface area (Å²) in [6, 6.07) is 17.4. The van der Waals surface area contributed by atoms with Crippen LogP contribution < -0.4 is 10.2 Å². The van der Waals surface area contributed by atoms with E-state index in [1.165, 1.54) is 0 Å². The number of anilines is 1. The quantitative estimate of drug-likeness (QED) is 0.860.